The van der Waals surface area contributed by atoms with E-state index in [2.05, 4.69) is 49.5 Å². The van der Waals surface area contributed by atoms with Gasteiger partial charge in [0.15, 0.2) is 0 Å². The van der Waals surface area contributed by atoms with Crippen LogP contribution >= 0.6 is 0 Å². The van der Waals surface area contributed by atoms with Crippen LogP contribution in [0.4, 0.5) is 5.69 Å². The maximum Gasteiger partial charge on any atom is 0.0446 e. The van der Waals surface area contributed by atoms with Crippen molar-refractivity contribution in [2.45, 2.75) is 44.9 Å². The number of benzene rings is 1. The van der Waals surface area contributed by atoms with Gasteiger partial charge >= 0.3 is 0 Å². The summed E-state index contributed by atoms with van der Waals surface area (Å²) < 4.78 is 0. The van der Waals surface area contributed by atoms with Crippen molar-refractivity contribution in [3.05, 3.63) is 29.8 Å². The molecule has 2 unspecified atom stereocenters. The average molecular weight is 310 g/mol. The summed E-state index contributed by atoms with van der Waals surface area (Å²) in [6.45, 7) is 1.06. The largest absolute Gasteiger partial charge is 0.378 e. The maximum atomic E-state index is 4.91. The minimum Gasteiger partial charge on any atom is -0.378 e. The van der Waals surface area contributed by atoms with Gasteiger partial charge in [0.05, 0.1) is 0 Å². The molecule has 4 fully saturated rings. The van der Waals surface area contributed by atoms with Crippen LogP contribution in [0.15, 0.2) is 29.3 Å². The lowest BCUT2D eigenvalue weighted by Crippen LogP contribution is -2.36. The maximum absolute atomic E-state index is 4.91. The van der Waals surface area contributed by atoms with E-state index in [4.69, 9.17) is 4.99 Å². The van der Waals surface area contributed by atoms with Gasteiger partial charge in [-0.15, -0.1) is 0 Å². The van der Waals surface area contributed by atoms with E-state index in [0.717, 1.165) is 24.3 Å². The Hall–Kier alpha value is -1.31. The van der Waals surface area contributed by atoms with Gasteiger partial charge in [-0.3, -0.25) is 4.99 Å². The summed E-state index contributed by atoms with van der Waals surface area (Å²) in [7, 11) is 4.16. The molecule has 2 nitrogen and oxygen atoms in total. The smallest absolute Gasteiger partial charge is 0.0446 e. The van der Waals surface area contributed by atoms with Crippen LogP contribution < -0.4 is 4.90 Å². The monoisotopic (exact) mass is 310 g/mol. The van der Waals surface area contributed by atoms with Crippen molar-refractivity contribution in [3.63, 3.8) is 0 Å². The highest BCUT2D eigenvalue weighted by molar-refractivity contribution is 5.80. The van der Waals surface area contributed by atoms with E-state index in [1.54, 1.807) is 0 Å². The van der Waals surface area contributed by atoms with Gasteiger partial charge in [0.2, 0.25) is 0 Å². The minimum atomic E-state index is 0.541. The molecule has 1 aromatic rings. The van der Waals surface area contributed by atoms with Crippen molar-refractivity contribution < 1.29 is 0 Å². The average Bonchev–Trinajstić information content (AvgIpc) is 2.72. The Morgan fingerprint density at radius 3 is 2.35 bits per heavy atom. The van der Waals surface area contributed by atoms with Crippen LogP contribution in [0.2, 0.25) is 0 Å². The van der Waals surface area contributed by atoms with Gasteiger partial charge in [0.25, 0.3) is 0 Å². The summed E-state index contributed by atoms with van der Waals surface area (Å²) in [4.78, 5) is 7.05. The molecular formula is C21H30N2. The first kappa shape index (κ1) is 15.2. The predicted octanol–water partition coefficient (Wildman–Crippen LogP) is 4.78. The molecule has 4 bridgehead atoms. The second kappa shape index (κ2) is 5.96. The summed E-state index contributed by atoms with van der Waals surface area (Å²) in [5.41, 5.74) is 3.02. The third-order valence-corrected chi connectivity index (χ3v) is 6.60. The van der Waals surface area contributed by atoms with Gasteiger partial charge < -0.3 is 4.90 Å². The fraction of sp³-hybridized carbons (Fsp3) is 0.667. The van der Waals surface area contributed by atoms with Gasteiger partial charge in [0.1, 0.15) is 0 Å². The summed E-state index contributed by atoms with van der Waals surface area (Å²) >= 11 is 0. The van der Waals surface area contributed by atoms with E-state index in [-0.39, 0.29) is 0 Å². The van der Waals surface area contributed by atoms with Crippen molar-refractivity contribution in [2.75, 3.05) is 25.5 Å². The summed E-state index contributed by atoms with van der Waals surface area (Å²) in [5, 5.41) is 0. The Morgan fingerprint density at radius 1 is 1.04 bits per heavy atom. The zero-order chi connectivity index (χ0) is 15.9. The molecule has 0 amide bonds. The number of fused-ring (bicyclic) bond motifs is 1. The minimum absolute atomic E-state index is 0.541. The highest BCUT2D eigenvalue weighted by Gasteiger charge is 2.47. The topological polar surface area (TPSA) is 15.6 Å². The number of nitrogens with zero attached hydrogens (tertiary/aromatic N) is 2. The molecular weight excluding hydrogens is 280 g/mol. The predicted molar refractivity (Wildman–Crippen MR) is 98.5 cm³/mol. The fourth-order valence-corrected chi connectivity index (χ4v) is 5.71. The standard InChI is InChI=1S/C21H30N2/c1-23(2)20-5-3-16(4-6-20)14-22-15-21-8-7-17-9-18(12-21)11-19(10-17)13-21/h3-6,14,17-19H,7-13,15H2,1-2H3. The van der Waals surface area contributed by atoms with Gasteiger partial charge in [-0.25, -0.2) is 0 Å². The molecule has 4 aliphatic carbocycles. The van der Waals surface area contributed by atoms with Crippen LogP contribution in [-0.4, -0.2) is 26.9 Å². The molecule has 0 radical (unpaired) electrons. The molecule has 0 N–H and O–H groups in total. The van der Waals surface area contributed by atoms with E-state index in [1.807, 2.05) is 0 Å². The quantitative estimate of drug-likeness (QED) is 0.731. The Balaban J connectivity index is 1.43. The van der Waals surface area contributed by atoms with Crippen molar-refractivity contribution in [1.29, 1.82) is 0 Å². The Kier molecular flexibility index (Phi) is 3.95. The third kappa shape index (κ3) is 3.18. The lowest BCUT2D eigenvalue weighted by atomic mass is 9.61. The molecule has 0 aromatic heterocycles. The molecule has 4 saturated carbocycles. The molecule has 124 valence electrons. The molecule has 23 heavy (non-hydrogen) atoms. The van der Waals surface area contributed by atoms with Crippen LogP contribution in [0.3, 0.4) is 0 Å². The Morgan fingerprint density at radius 2 is 1.70 bits per heavy atom. The molecule has 1 aromatic carbocycles. The first-order valence-corrected chi connectivity index (χ1v) is 9.39. The van der Waals surface area contributed by atoms with Gasteiger partial charge in [-0.2, -0.15) is 0 Å². The van der Waals surface area contributed by atoms with Gasteiger partial charge in [-0.1, -0.05) is 12.1 Å². The number of aliphatic imine (C=N–C) groups is 1. The van der Waals surface area contributed by atoms with Crippen LogP contribution in [0.5, 0.6) is 0 Å². The molecule has 0 spiro atoms. The number of rotatable bonds is 4. The van der Waals surface area contributed by atoms with E-state index in [9.17, 15) is 0 Å². The van der Waals surface area contributed by atoms with Crippen LogP contribution in [0, 0.1) is 23.2 Å². The number of hydrogen-bond donors (Lipinski definition) is 0. The lowest BCUT2D eigenvalue weighted by molar-refractivity contribution is 0.0728. The zero-order valence-electron chi connectivity index (χ0n) is 14.7. The Bertz CT molecular complexity index is 558. The summed E-state index contributed by atoms with van der Waals surface area (Å²) in [6.07, 6.45) is 12.5. The first-order valence-electron chi connectivity index (χ1n) is 9.39. The van der Waals surface area contributed by atoms with Gasteiger partial charge in [0, 0.05) is 32.5 Å². The molecule has 4 aliphatic rings. The normalized spacial score (nSPS) is 35.7. The highest BCUT2D eigenvalue weighted by Crippen LogP contribution is 2.57. The molecule has 0 saturated heterocycles. The van der Waals surface area contributed by atoms with E-state index in [1.165, 1.54) is 56.2 Å². The van der Waals surface area contributed by atoms with Crippen molar-refractivity contribution in [2.24, 2.45) is 28.2 Å². The van der Waals surface area contributed by atoms with Gasteiger partial charge in [-0.05, 0) is 85.8 Å². The van der Waals surface area contributed by atoms with E-state index < -0.39 is 0 Å². The Labute approximate surface area is 141 Å². The van der Waals surface area contributed by atoms with Crippen molar-refractivity contribution in [1.82, 2.24) is 0 Å². The molecule has 0 heterocycles. The van der Waals surface area contributed by atoms with Crippen LogP contribution in [0.25, 0.3) is 0 Å². The zero-order valence-corrected chi connectivity index (χ0v) is 14.7. The summed E-state index contributed by atoms with van der Waals surface area (Å²) in [5.74, 6) is 3.08. The SMILES string of the molecule is CN(C)c1ccc(C=NCC23CCC4CC(CC(C4)C2)C3)cc1. The molecule has 2 atom stereocenters. The summed E-state index contributed by atoms with van der Waals surface area (Å²) in [6, 6.07) is 8.72. The molecule has 5 rings (SSSR count). The molecule has 2 heteroatoms. The third-order valence-electron chi connectivity index (χ3n) is 6.60. The first-order chi connectivity index (χ1) is 11.1. The highest BCUT2D eigenvalue weighted by atomic mass is 15.1. The van der Waals surface area contributed by atoms with Crippen LogP contribution in [-0.2, 0) is 0 Å². The van der Waals surface area contributed by atoms with Crippen molar-refractivity contribution >= 4 is 11.9 Å². The second-order valence-electron chi connectivity index (χ2n) is 8.71. The van der Waals surface area contributed by atoms with Crippen LogP contribution in [0.1, 0.15) is 50.5 Å². The number of hydrogen-bond acceptors (Lipinski definition) is 2. The molecule has 0 aliphatic heterocycles. The van der Waals surface area contributed by atoms with E-state index >= 15 is 0 Å². The fourth-order valence-electron chi connectivity index (χ4n) is 5.71. The lowest BCUT2D eigenvalue weighted by Gasteiger charge is -2.44. The van der Waals surface area contributed by atoms with Crippen molar-refractivity contribution in [3.8, 4) is 0 Å². The van der Waals surface area contributed by atoms with E-state index in [0.29, 0.717) is 5.41 Å². The number of anilines is 1. The second-order valence-corrected chi connectivity index (χ2v) is 8.71.